The molecule has 45 heavy (non-hydrogen) atoms. The first kappa shape index (κ1) is 33.7. The molecule has 10 heteroatoms. The minimum atomic E-state index is -3.47. The van der Waals surface area contributed by atoms with Crippen molar-refractivity contribution in [3.8, 4) is 34.2 Å². The zero-order chi connectivity index (χ0) is 32.1. The van der Waals surface area contributed by atoms with E-state index in [2.05, 4.69) is 6.07 Å². The lowest BCUT2D eigenvalue weighted by Crippen LogP contribution is -2.32. The van der Waals surface area contributed by atoms with Crippen molar-refractivity contribution in [2.24, 2.45) is 0 Å². The number of ether oxygens (including phenoxy) is 3. The predicted molar refractivity (Wildman–Crippen MR) is 177 cm³/mol. The van der Waals surface area contributed by atoms with Gasteiger partial charge in [-0.05, 0) is 47.9 Å². The first-order valence-electron chi connectivity index (χ1n) is 14.6. The van der Waals surface area contributed by atoms with Gasteiger partial charge in [-0.15, -0.1) is 0 Å². The number of hydrogen-bond donors (Lipinski definition) is 0. The third-order valence-electron chi connectivity index (χ3n) is 6.86. The first-order chi connectivity index (χ1) is 21.8. The Balaban J connectivity index is 1.54. The lowest BCUT2D eigenvalue weighted by molar-refractivity contribution is -0.147. The van der Waals surface area contributed by atoms with Gasteiger partial charge >= 0.3 is 5.97 Å². The number of hydrogen-bond acceptors (Lipinski definition) is 9. The summed E-state index contributed by atoms with van der Waals surface area (Å²) >= 11 is 1.08. The Morgan fingerprint density at radius 1 is 0.978 bits per heavy atom. The molecule has 1 aromatic heterocycles. The van der Waals surface area contributed by atoms with Gasteiger partial charge in [0.25, 0.3) is 0 Å². The summed E-state index contributed by atoms with van der Waals surface area (Å²) in [4.78, 5) is 17.9. The average molecular weight is 645 g/mol. The van der Waals surface area contributed by atoms with Crippen LogP contribution >= 0.6 is 11.8 Å². The van der Waals surface area contributed by atoms with Crippen LogP contribution in [0.1, 0.15) is 30.9 Å². The number of carbonyl (C=O) groups is 1. The number of benzene rings is 3. The molecule has 4 rings (SSSR count). The Hall–Kier alpha value is -4.17. The van der Waals surface area contributed by atoms with Crippen molar-refractivity contribution in [2.45, 2.75) is 37.5 Å². The summed E-state index contributed by atoms with van der Waals surface area (Å²) in [5.41, 5.74) is 4.22. The molecule has 0 saturated carbocycles. The van der Waals surface area contributed by atoms with Crippen molar-refractivity contribution < 1.29 is 27.4 Å². The second kappa shape index (κ2) is 16.8. The van der Waals surface area contributed by atoms with E-state index in [1.807, 2.05) is 97.9 Å². The van der Waals surface area contributed by atoms with Crippen molar-refractivity contribution >= 4 is 27.6 Å². The molecule has 0 N–H and O–H groups in total. The minimum Gasteiger partial charge on any atom is -0.497 e. The molecule has 1 heterocycles. The van der Waals surface area contributed by atoms with Crippen LogP contribution in [-0.2, 0) is 30.7 Å². The smallest absolute Gasteiger partial charge is 0.316 e. The summed E-state index contributed by atoms with van der Waals surface area (Å²) in [5.74, 6) is -0.411. The zero-order valence-electron chi connectivity index (χ0n) is 25.3. The van der Waals surface area contributed by atoms with Gasteiger partial charge in [-0.3, -0.25) is 4.79 Å². The van der Waals surface area contributed by atoms with Gasteiger partial charge < -0.3 is 14.2 Å². The highest BCUT2D eigenvalue weighted by atomic mass is 32.2. The monoisotopic (exact) mass is 644 g/mol. The summed E-state index contributed by atoms with van der Waals surface area (Å²) in [7, 11) is -1.87. The van der Waals surface area contributed by atoms with Gasteiger partial charge in [0.15, 0.2) is 9.84 Å². The van der Waals surface area contributed by atoms with Crippen molar-refractivity contribution in [1.82, 2.24) is 4.98 Å². The average Bonchev–Trinajstić information content (AvgIpc) is 3.06. The van der Waals surface area contributed by atoms with Crippen LogP contribution in [0.4, 0.5) is 0 Å². The Kier molecular flexibility index (Phi) is 12.6. The molecule has 0 aliphatic rings. The Morgan fingerprint density at radius 3 is 2.31 bits per heavy atom. The fraction of sp³-hybridized carbons (Fsp3) is 0.286. The molecule has 0 amide bonds. The molecule has 0 radical (unpaired) electrons. The highest BCUT2D eigenvalue weighted by Gasteiger charge is 2.24. The quantitative estimate of drug-likeness (QED) is 0.0967. The number of carbonyl (C=O) groups excluding carboxylic acids is 1. The number of methoxy groups -OCH3 is 1. The summed E-state index contributed by atoms with van der Waals surface area (Å²) in [6, 6.07) is 30.5. The Labute approximate surface area is 269 Å². The molecule has 0 saturated heterocycles. The van der Waals surface area contributed by atoms with Crippen LogP contribution in [-0.4, -0.2) is 56.5 Å². The maximum absolute atomic E-state index is 13.1. The molecule has 0 spiro atoms. The van der Waals surface area contributed by atoms with Crippen LogP contribution in [0, 0.1) is 11.3 Å². The standard InChI is InChI=1S/C35H36N2O6S2/c1-3-4-19-45(39,40)25-30(23-42-22-26-11-7-5-8-12-26)43-34(38)24-44-35-32(21-36)31(27-13-9-6-10-14-27)20-33(37-35)28-15-17-29(41-2)18-16-28/h5-18,20,30H,3-4,19,22-25H2,1-2H3. The number of sulfone groups is 1. The Morgan fingerprint density at radius 2 is 1.67 bits per heavy atom. The predicted octanol–water partition coefficient (Wildman–Crippen LogP) is 6.73. The van der Waals surface area contributed by atoms with E-state index in [4.69, 9.17) is 19.2 Å². The second-order valence-electron chi connectivity index (χ2n) is 10.3. The number of pyridine rings is 1. The summed E-state index contributed by atoms with van der Waals surface area (Å²) in [6.07, 6.45) is 0.290. The summed E-state index contributed by atoms with van der Waals surface area (Å²) in [5, 5.41) is 10.5. The van der Waals surface area contributed by atoms with Gasteiger partial charge in [0, 0.05) is 11.1 Å². The van der Waals surface area contributed by atoms with Gasteiger partial charge in [0.05, 0.1) is 48.8 Å². The SMILES string of the molecule is CCCCS(=O)(=O)CC(COCc1ccccc1)OC(=O)CSc1nc(-c2ccc(OC)cc2)cc(-c2ccccc2)c1C#N. The van der Waals surface area contributed by atoms with Crippen molar-refractivity contribution in [3.63, 3.8) is 0 Å². The molecule has 0 fully saturated rings. The number of esters is 1. The van der Waals surface area contributed by atoms with Gasteiger partial charge in [0.1, 0.15) is 22.9 Å². The molecule has 1 unspecified atom stereocenters. The molecule has 3 aromatic carbocycles. The van der Waals surface area contributed by atoms with Crippen molar-refractivity contribution in [1.29, 1.82) is 5.26 Å². The van der Waals surface area contributed by atoms with Crippen molar-refractivity contribution in [2.75, 3.05) is 31.0 Å². The number of rotatable bonds is 16. The largest absolute Gasteiger partial charge is 0.497 e. The fourth-order valence-electron chi connectivity index (χ4n) is 4.57. The van der Waals surface area contributed by atoms with Crippen molar-refractivity contribution in [3.05, 3.63) is 102 Å². The van der Waals surface area contributed by atoms with Gasteiger partial charge in [-0.25, -0.2) is 13.4 Å². The third kappa shape index (κ3) is 10.2. The van der Waals surface area contributed by atoms with E-state index in [1.54, 1.807) is 7.11 Å². The third-order valence-corrected chi connectivity index (χ3v) is 9.60. The molecule has 0 aliphatic carbocycles. The summed E-state index contributed by atoms with van der Waals surface area (Å²) in [6.45, 7) is 2.11. The molecular formula is C35H36N2O6S2. The van der Waals surface area contributed by atoms with E-state index in [1.165, 1.54) is 0 Å². The number of unbranched alkanes of at least 4 members (excludes halogenated alkanes) is 1. The van der Waals surface area contributed by atoms with Gasteiger partial charge in [0.2, 0.25) is 0 Å². The molecule has 8 nitrogen and oxygen atoms in total. The maximum Gasteiger partial charge on any atom is 0.316 e. The topological polar surface area (TPSA) is 116 Å². The lowest BCUT2D eigenvalue weighted by atomic mass is 9.99. The van der Waals surface area contributed by atoms with Crippen LogP contribution in [0.3, 0.4) is 0 Å². The molecule has 0 bridgehead atoms. The normalized spacial score (nSPS) is 11.8. The number of nitriles is 1. The highest BCUT2D eigenvalue weighted by molar-refractivity contribution is 8.00. The molecular weight excluding hydrogens is 609 g/mol. The first-order valence-corrected chi connectivity index (χ1v) is 17.4. The van der Waals surface area contributed by atoms with E-state index in [0.717, 1.165) is 34.9 Å². The molecule has 234 valence electrons. The van der Waals surface area contributed by atoms with Crippen LogP contribution in [0.2, 0.25) is 0 Å². The maximum atomic E-state index is 13.1. The van der Waals surface area contributed by atoms with E-state index >= 15 is 0 Å². The highest BCUT2D eigenvalue weighted by Crippen LogP contribution is 2.34. The van der Waals surface area contributed by atoms with Crippen LogP contribution in [0.25, 0.3) is 22.4 Å². The van der Waals surface area contributed by atoms with E-state index in [0.29, 0.717) is 34.0 Å². The van der Waals surface area contributed by atoms with Crippen LogP contribution in [0.15, 0.2) is 96.0 Å². The number of thioether (sulfide) groups is 1. The van der Waals surface area contributed by atoms with Crippen LogP contribution < -0.4 is 4.74 Å². The summed E-state index contributed by atoms with van der Waals surface area (Å²) < 4.78 is 42.2. The minimum absolute atomic E-state index is 0.0147. The van der Waals surface area contributed by atoms with Gasteiger partial charge in [-0.1, -0.05) is 85.8 Å². The second-order valence-corrected chi connectivity index (χ2v) is 13.5. The van der Waals surface area contributed by atoms with Crippen LogP contribution in [0.5, 0.6) is 5.75 Å². The van der Waals surface area contributed by atoms with E-state index in [-0.39, 0.29) is 30.5 Å². The van der Waals surface area contributed by atoms with E-state index < -0.39 is 21.9 Å². The van der Waals surface area contributed by atoms with Gasteiger partial charge in [-0.2, -0.15) is 5.26 Å². The fourth-order valence-corrected chi connectivity index (χ4v) is 6.98. The number of aromatic nitrogens is 1. The number of nitrogens with zero attached hydrogens (tertiary/aromatic N) is 2. The van der Waals surface area contributed by atoms with E-state index in [9.17, 15) is 18.5 Å². The molecule has 1 atom stereocenters. The zero-order valence-corrected chi connectivity index (χ0v) is 27.0. The molecule has 4 aromatic rings. The Bertz CT molecular complexity index is 1690. The lowest BCUT2D eigenvalue weighted by Gasteiger charge is -2.19. The molecule has 0 aliphatic heterocycles.